The fraction of sp³-hybridized carbons (Fsp3) is 0.467. The third-order valence-electron chi connectivity index (χ3n) is 3.56. The van der Waals surface area contributed by atoms with E-state index in [0.29, 0.717) is 36.9 Å². The summed E-state index contributed by atoms with van der Waals surface area (Å²) in [6, 6.07) is 3.56. The molecule has 2 amide bonds. The van der Waals surface area contributed by atoms with Gasteiger partial charge in [-0.1, -0.05) is 6.92 Å². The van der Waals surface area contributed by atoms with Crippen LogP contribution in [0.3, 0.4) is 0 Å². The summed E-state index contributed by atoms with van der Waals surface area (Å²) in [6.45, 7) is 3.74. The molecule has 0 fully saturated rings. The smallest absolute Gasteiger partial charge is 0.246 e. The van der Waals surface area contributed by atoms with Crippen LogP contribution in [0, 0.1) is 0 Å². The number of nitrogens with zero attached hydrogens (tertiary/aromatic N) is 1. The molecule has 0 unspecified atom stereocenters. The molecule has 2 aliphatic rings. The quantitative estimate of drug-likeness (QED) is 0.858. The predicted octanol–water partition coefficient (Wildman–Crippen LogP) is 0.742. The fourth-order valence-electron chi connectivity index (χ4n) is 2.48. The first-order valence-electron chi connectivity index (χ1n) is 7.43. The molecule has 22 heavy (non-hydrogen) atoms. The Bertz CT molecular complexity index is 603. The summed E-state index contributed by atoms with van der Waals surface area (Å²) in [5.74, 6) is 0.941. The van der Waals surface area contributed by atoms with Crippen LogP contribution in [0.4, 0.5) is 11.4 Å². The Morgan fingerprint density at radius 1 is 1.32 bits per heavy atom. The van der Waals surface area contributed by atoms with Crippen molar-refractivity contribution >= 4 is 23.2 Å². The first-order valence-corrected chi connectivity index (χ1v) is 7.43. The molecule has 1 aromatic rings. The number of ether oxygens (including phenoxy) is 2. The zero-order valence-corrected chi connectivity index (χ0v) is 12.5. The minimum atomic E-state index is -0.169. The van der Waals surface area contributed by atoms with E-state index in [2.05, 4.69) is 10.6 Å². The van der Waals surface area contributed by atoms with E-state index in [1.165, 1.54) is 4.90 Å². The molecule has 2 N–H and O–H groups in total. The molecule has 0 saturated heterocycles. The van der Waals surface area contributed by atoms with E-state index in [1.54, 1.807) is 6.07 Å². The molecule has 2 heterocycles. The van der Waals surface area contributed by atoms with Gasteiger partial charge in [0.15, 0.2) is 11.5 Å². The molecule has 118 valence electrons. The van der Waals surface area contributed by atoms with Crippen molar-refractivity contribution in [2.75, 3.05) is 43.1 Å². The lowest BCUT2D eigenvalue weighted by atomic mass is 10.1. The van der Waals surface area contributed by atoms with E-state index >= 15 is 0 Å². The number of hydrogen-bond donors (Lipinski definition) is 2. The molecule has 7 heteroatoms. The normalized spacial score (nSPS) is 15.9. The number of hydrogen-bond acceptors (Lipinski definition) is 5. The molecule has 7 nitrogen and oxygen atoms in total. The van der Waals surface area contributed by atoms with E-state index in [0.717, 1.165) is 12.1 Å². The van der Waals surface area contributed by atoms with Gasteiger partial charge in [-0.25, -0.2) is 0 Å². The minimum absolute atomic E-state index is 0.00710. The summed E-state index contributed by atoms with van der Waals surface area (Å²) in [7, 11) is 0. The molecule has 0 spiro atoms. The summed E-state index contributed by atoms with van der Waals surface area (Å²) in [5.41, 5.74) is 1.42. The maximum absolute atomic E-state index is 12.1. The lowest BCUT2D eigenvalue weighted by Gasteiger charge is -2.31. The van der Waals surface area contributed by atoms with Crippen molar-refractivity contribution in [2.24, 2.45) is 0 Å². The van der Waals surface area contributed by atoms with Crippen molar-refractivity contribution in [3.8, 4) is 11.5 Å². The van der Waals surface area contributed by atoms with Crippen molar-refractivity contribution in [2.45, 2.75) is 13.3 Å². The Hall–Kier alpha value is -2.44. The number of carbonyl (C=O) groups excluding carboxylic acids is 2. The molecule has 0 radical (unpaired) electrons. The van der Waals surface area contributed by atoms with Crippen LogP contribution in [-0.2, 0) is 9.59 Å². The van der Waals surface area contributed by atoms with Gasteiger partial charge in [-0.3, -0.25) is 14.5 Å². The molecule has 0 aliphatic carbocycles. The monoisotopic (exact) mass is 305 g/mol. The van der Waals surface area contributed by atoms with Gasteiger partial charge in [0.05, 0.1) is 17.9 Å². The van der Waals surface area contributed by atoms with E-state index in [4.69, 9.17) is 9.47 Å². The number of anilines is 2. The van der Waals surface area contributed by atoms with Crippen molar-refractivity contribution in [1.29, 1.82) is 0 Å². The number of benzene rings is 1. The van der Waals surface area contributed by atoms with E-state index in [1.807, 2.05) is 13.0 Å². The Morgan fingerprint density at radius 2 is 2.05 bits per heavy atom. The van der Waals surface area contributed by atoms with Gasteiger partial charge >= 0.3 is 0 Å². The lowest BCUT2D eigenvalue weighted by molar-refractivity contribution is -0.123. The third-order valence-corrected chi connectivity index (χ3v) is 3.56. The van der Waals surface area contributed by atoms with Crippen molar-refractivity contribution in [3.63, 3.8) is 0 Å². The largest absolute Gasteiger partial charge is 0.486 e. The van der Waals surface area contributed by atoms with Crippen molar-refractivity contribution in [1.82, 2.24) is 5.32 Å². The van der Waals surface area contributed by atoms with Crippen LogP contribution in [0.25, 0.3) is 0 Å². The van der Waals surface area contributed by atoms with Crippen LogP contribution < -0.4 is 25.0 Å². The first kappa shape index (κ1) is 14.5. The van der Waals surface area contributed by atoms with Gasteiger partial charge in [0.2, 0.25) is 11.8 Å². The molecular formula is C15H19N3O4. The summed E-state index contributed by atoms with van der Waals surface area (Å²) in [4.78, 5) is 25.6. The number of amides is 2. The zero-order valence-electron chi connectivity index (χ0n) is 12.5. The van der Waals surface area contributed by atoms with Gasteiger partial charge in [-0.2, -0.15) is 0 Å². The highest BCUT2D eigenvalue weighted by molar-refractivity contribution is 6.06. The van der Waals surface area contributed by atoms with Gasteiger partial charge in [0.1, 0.15) is 19.8 Å². The number of carbonyl (C=O) groups is 2. The van der Waals surface area contributed by atoms with Gasteiger partial charge in [0.25, 0.3) is 0 Å². The SMILES string of the molecule is CCCNC(=O)CN1C(=O)CNc2cc3c(cc21)OCCO3. The highest BCUT2D eigenvalue weighted by Gasteiger charge is 2.28. The second-order valence-corrected chi connectivity index (χ2v) is 5.20. The molecule has 1 aromatic carbocycles. The van der Waals surface area contributed by atoms with Crippen LogP contribution in [0.15, 0.2) is 12.1 Å². The average molecular weight is 305 g/mol. The predicted molar refractivity (Wildman–Crippen MR) is 81.6 cm³/mol. The van der Waals surface area contributed by atoms with Gasteiger partial charge in [0, 0.05) is 18.7 Å². The van der Waals surface area contributed by atoms with Crippen LogP contribution in [0.1, 0.15) is 13.3 Å². The minimum Gasteiger partial charge on any atom is -0.486 e. The summed E-state index contributed by atoms with van der Waals surface area (Å²) < 4.78 is 11.1. The molecule has 3 rings (SSSR count). The summed E-state index contributed by atoms with van der Waals surface area (Å²) in [6.07, 6.45) is 0.858. The summed E-state index contributed by atoms with van der Waals surface area (Å²) >= 11 is 0. The van der Waals surface area contributed by atoms with E-state index in [-0.39, 0.29) is 24.9 Å². The molecular weight excluding hydrogens is 286 g/mol. The van der Waals surface area contributed by atoms with Gasteiger partial charge < -0.3 is 20.1 Å². The highest BCUT2D eigenvalue weighted by Crippen LogP contribution is 2.41. The number of fused-ring (bicyclic) bond motifs is 2. The second-order valence-electron chi connectivity index (χ2n) is 5.20. The fourth-order valence-corrected chi connectivity index (χ4v) is 2.48. The van der Waals surface area contributed by atoms with Crippen LogP contribution >= 0.6 is 0 Å². The van der Waals surface area contributed by atoms with Crippen molar-refractivity contribution < 1.29 is 19.1 Å². The van der Waals surface area contributed by atoms with Gasteiger partial charge in [-0.05, 0) is 6.42 Å². The van der Waals surface area contributed by atoms with E-state index in [9.17, 15) is 9.59 Å². The maximum Gasteiger partial charge on any atom is 0.246 e. The lowest BCUT2D eigenvalue weighted by Crippen LogP contribution is -2.46. The number of nitrogens with one attached hydrogen (secondary N) is 2. The topological polar surface area (TPSA) is 79.9 Å². The maximum atomic E-state index is 12.1. The second kappa shape index (κ2) is 6.13. The van der Waals surface area contributed by atoms with Gasteiger partial charge in [-0.15, -0.1) is 0 Å². The Morgan fingerprint density at radius 3 is 2.77 bits per heavy atom. The Kier molecular flexibility index (Phi) is 4.04. The standard InChI is InChI=1S/C15H19N3O4/c1-2-3-16-14(19)9-18-11-7-13-12(21-4-5-22-13)6-10(11)17-8-15(18)20/h6-7,17H,2-5,8-9H2,1H3,(H,16,19). The molecule has 0 aromatic heterocycles. The number of rotatable bonds is 4. The first-order chi connectivity index (χ1) is 10.7. The third kappa shape index (κ3) is 2.79. The van der Waals surface area contributed by atoms with E-state index < -0.39 is 0 Å². The van der Waals surface area contributed by atoms with Crippen LogP contribution in [-0.4, -0.2) is 44.7 Å². The molecule has 0 saturated carbocycles. The Labute approximate surface area is 128 Å². The molecule has 2 aliphatic heterocycles. The van der Waals surface area contributed by atoms with Crippen LogP contribution in [0.5, 0.6) is 11.5 Å². The van der Waals surface area contributed by atoms with Crippen molar-refractivity contribution in [3.05, 3.63) is 12.1 Å². The average Bonchev–Trinajstić information content (AvgIpc) is 2.54. The molecule has 0 atom stereocenters. The van der Waals surface area contributed by atoms with Crippen LogP contribution in [0.2, 0.25) is 0 Å². The molecule has 0 bridgehead atoms. The summed E-state index contributed by atoms with van der Waals surface area (Å²) in [5, 5.41) is 5.83. The zero-order chi connectivity index (χ0) is 15.5. The Balaban J connectivity index is 1.86. The highest BCUT2D eigenvalue weighted by atomic mass is 16.6.